The monoisotopic (exact) mass is 494 g/mol. The normalized spacial score (nSPS) is 24.5. The van der Waals surface area contributed by atoms with Crippen LogP contribution in [-0.2, 0) is 19.9 Å². The molecule has 2 aliphatic heterocycles. The highest BCUT2D eigenvalue weighted by Crippen LogP contribution is 2.40. The number of carbonyl (C=O) groups is 2. The van der Waals surface area contributed by atoms with Crippen molar-refractivity contribution in [1.29, 1.82) is 0 Å². The van der Waals surface area contributed by atoms with Crippen LogP contribution in [0.5, 0.6) is 0 Å². The zero-order valence-electron chi connectivity index (χ0n) is 18.2. The number of thiazole rings is 1. The molecule has 0 amide bonds. The first kappa shape index (κ1) is 23.9. The van der Waals surface area contributed by atoms with Gasteiger partial charge in [0.1, 0.15) is 17.4 Å². The Bertz CT molecular complexity index is 1170. The molecule has 180 valence electrons. The van der Waals surface area contributed by atoms with Crippen LogP contribution in [0.1, 0.15) is 23.9 Å². The SMILES string of the molecule is COC(=O)C1=C(CN2CC(F)(F)CC2C(=O)O)NC(c2nccs2)=NC1(C)c1ccc(F)cc1. The average Bonchev–Trinajstić information content (AvgIpc) is 3.41. The summed E-state index contributed by atoms with van der Waals surface area (Å²) in [7, 11) is 1.17. The third-order valence-corrected chi connectivity index (χ3v) is 6.62. The number of carbonyl (C=O) groups excluding carboxylic acids is 1. The summed E-state index contributed by atoms with van der Waals surface area (Å²) in [5.41, 5.74) is -0.795. The van der Waals surface area contributed by atoms with Crippen molar-refractivity contribution in [2.75, 3.05) is 20.2 Å². The summed E-state index contributed by atoms with van der Waals surface area (Å²) in [6.07, 6.45) is 0.714. The number of carboxylic acid groups (broad SMARTS) is 1. The van der Waals surface area contributed by atoms with E-state index in [-0.39, 0.29) is 23.7 Å². The average molecular weight is 494 g/mol. The lowest BCUT2D eigenvalue weighted by molar-refractivity contribution is -0.142. The lowest BCUT2D eigenvalue weighted by Gasteiger charge is -2.36. The number of methoxy groups -OCH3 is 1. The number of likely N-dealkylation sites (tertiary alicyclic amines) is 1. The van der Waals surface area contributed by atoms with E-state index in [1.165, 1.54) is 42.7 Å². The summed E-state index contributed by atoms with van der Waals surface area (Å²) < 4.78 is 46.9. The van der Waals surface area contributed by atoms with Crippen molar-refractivity contribution in [1.82, 2.24) is 15.2 Å². The molecule has 34 heavy (non-hydrogen) atoms. The number of nitrogens with zero attached hydrogens (tertiary/aromatic N) is 3. The Hall–Kier alpha value is -3.25. The molecular formula is C22H21F3N4O4S. The number of nitrogens with one attached hydrogen (secondary N) is 1. The molecule has 0 saturated carbocycles. The Kier molecular flexibility index (Phi) is 6.21. The van der Waals surface area contributed by atoms with Crippen molar-refractivity contribution >= 4 is 29.1 Å². The molecular weight excluding hydrogens is 473 g/mol. The number of esters is 1. The Balaban J connectivity index is 1.86. The van der Waals surface area contributed by atoms with Crippen molar-refractivity contribution in [3.05, 3.63) is 63.5 Å². The second-order valence-electron chi connectivity index (χ2n) is 8.17. The van der Waals surface area contributed by atoms with Gasteiger partial charge in [0.2, 0.25) is 0 Å². The van der Waals surface area contributed by atoms with E-state index >= 15 is 0 Å². The number of rotatable bonds is 6. The van der Waals surface area contributed by atoms with Crippen molar-refractivity contribution in [2.24, 2.45) is 4.99 Å². The van der Waals surface area contributed by atoms with Gasteiger partial charge in [-0.05, 0) is 24.6 Å². The fourth-order valence-electron chi connectivity index (χ4n) is 4.27. The van der Waals surface area contributed by atoms with Crippen molar-refractivity contribution < 1.29 is 32.6 Å². The number of aliphatic carboxylic acids is 1. The second-order valence-corrected chi connectivity index (χ2v) is 9.06. The number of amidine groups is 1. The molecule has 2 unspecified atom stereocenters. The van der Waals surface area contributed by atoms with Gasteiger partial charge in [-0.25, -0.2) is 27.9 Å². The van der Waals surface area contributed by atoms with E-state index in [0.717, 1.165) is 4.90 Å². The summed E-state index contributed by atoms with van der Waals surface area (Å²) in [5.74, 6) is -5.59. The van der Waals surface area contributed by atoms with Gasteiger partial charge in [-0.3, -0.25) is 9.69 Å². The van der Waals surface area contributed by atoms with Gasteiger partial charge >= 0.3 is 11.9 Å². The fraction of sp³-hybridized carbons (Fsp3) is 0.364. The number of halogens is 3. The Labute approximate surface area is 196 Å². The molecule has 1 aromatic carbocycles. The van der Waals surface area contributed by atoms with Crippen LogP contribution < -0.4 is 5.32 Å². The largest absolute Gasteiger partial charge is 0.480 e. The molecule has 3 heterocycles. The molecule has 4 rings (SSSR count). The quantitative estimate of drug-likeness (QED) is 0.595. The van der Waals surface area contributed by atoms with Crippen molar-refractivity contribution in [3.63, 3.8) is 0 Å². The highest BCUT2D eigenvalue weighted by atomic mass is 32.1. The van der Waals surface area contributed by atoms with E-state index in [2.05, 4.69) is 10.3 Å². The first-order chi connectivity index (χ1) is 16.0. The number of ether oxygens (including phenoxy) is 1. The maximum atomic E-state index is 14.1. The van der Waals surface area contributed by atoms with Gasteiger partial charge in [-0.1, -0.05) is 12.1 Å². The maximum Gasteiger partial charge on any atom is 0.338 e. The topological polar surface area (TPSA) is 104 Å². The molecule has 8 nitrogen and oxygen atoms in total. The number of alkyl halides is 2. The van der Waals surface area contributed by atoms with Gasteiger partial charge in [0.25, 0.3) is 5.92 Å². The van der Waals surface area contributed by atoms with E-state index in [4.69, 9.17) is 9.73 Å². The van der Waals surface area contributed by atoms with Crippen LogP contribution >= 0.6 is 11.3 Å². The van der Waals surface area contributed by atoms with E-state index in [1.54, 1.807) is 18.5 Å². The van der Waals surface area contributed by atoms with E-state index in [0.29, 0.717) is 10.6 Å². The van der Waals surface area contributed by atoms with E-state index in [1.807, 2.05) is 0 Å². The fourth-order valence-corrected chi connectivity index (χ4v) is 4.85. The minimum atomic E-state index is -3.20. The van der Waals surface area contributed by atoms with Gasteiger partial charge in [0.05, 0.1) is 19.2 Å². The maximum absolute atomic E-state index is 14.1. The molecule has 0 radical (unpaired) electrons. The standard InChI is InChI=1S/C22H21F3N4O4S/c1-21(12-3-5-13(23)6-4-12)16(20(32)33-2)14(27-17(28-21)18-26-7-8-34-18)10-29-11-22(24,25)9-15(29)19(30)31/h3-8,15H,9-11H2,1-2H3,(H,27,28)(H,30,31). The molecule has 2 aliphatic rings. The molecule has 1 fully saturated rings. The molecule has 0 bridgehead atoms. The minimum Gasteiger partial charge on any atom is -0.480 e. The number of benzene rings is 1. The smallest absolute Gasteiger partial charge is 0.338 e. The molecule has 12 heteroatoms. The van der Waals surface area contributed by atoms with Crippen LogP contribution in [0.2, 0.25) is 0 Å². The summed E-state index contributed by atoms with van der Waals surface area (Å²) in [6.45, 7) is 0.521. The lowest BCUT2D eigenvalue weighted by atomic mass is 9.82. The van der Waals surface area contributed by atoms with Crippen LogP contribution in [0, 0.1) is 5.82 Å². The predicted octanol–water partition coefficient (Wildman–Crippen LogP) is 2.77. The molecule has 0 spiro atoms. The van der Waals surface area contributed by atoms with Gasteiger partial charge in [0, 0.05) is 30.2 Å². The first-order valence-corrected chi connectivity index (χ1v) is 11.1. The van der Waals surface area contributed by atoms with Crippen molar-refractivity contribution in [2.45, 2.75) is 30.8 Å². The van der Waals surface area contributed by atoms with Gasteiger partial charge in [-0.15, -0.1) is 11.3 Å². The Morgan fingerprint density at radius 3 is 2.62 bits per heavy atom. The van der Waals surface area contributed by atoms with Crippen molar-refractivity contribution in [3.8, 4) is 0 Å². The molecule has 1 aromatic heterocycles. The summed E-state index contributed by atoms with van der Waals surface area (Å²) in [6, 6.07) is 3.93. The third kappa shape index (κ3) is 4.42. The van der Waals surface area contributed by atoms with Crippen LogP contribution in [-0.4, -0.2) is 64.9 Å². The van der Waals surface area contributed by atoms with Gasteiger partial charge in [-0.2, -0.15) is 0 Å². The molecule has 2 atom stereocenters. The van der Waals surface area contributed by atoms with E-state index in [9.17, 15) is 27.9 Å². The van der Waals surface area contributed by atoms with Crippen LogP contribution in [0.25, 0.3) is 0 Å². The first-order valence-electron chi connectivity index (χ1n) is 10.2. The Morgan fingerprint density at radius 1 is 1.32 bits per heavy atom. The Morgan fingerprint density at radius 2 is 2.03 bits per heavy atom. The highest BCUT2D eigenvalue weighted by Gasteiger charge is 2.50. The summed E-state index contributed by atoms with van der Waals surface area (Å²) in [5, 5.41) is 14.7. The second kappa shape index (κ2) is 8.84. The predicted molar refractivity (Wildman–Crippen MR) is 117 cm³/mol. The number of aromatic nitrogens is 1. The van der Waals surface area contributed by atoms with Crippen LogP contribution in [0.15, 0.2) is 52.1 Å². The lowest BCUT2D eigenvalue weighted by Crippen LogP contribution is -2.46. The van der Waals surface area contributed by atoms with Gasteiger partial charge in [0.15, 0.2) is 10.8 Å². The van der Waals surface area contributed by atoms with E-state index < -0.39 is 48.2 Å². The minimum absolute atomic E-state index is 0.00118. The zero-order valence-corrected chi connectivity index (χ0v) is 19.0. The van der Waals surface area contributed by atoms with Gasteiger partial charge < -0.3 is 15.2 Å². The molecule has 1 saturated heterocycles. The molecule has 2 N–H and O–H groups in total. The number of hydrogen-bond donors (Lipinski definition) is 2. The van der Waals surface area contributed by atoms with Crippen LogP contribution in [0.3, 0.4) is 0 Å². The number of aliphatic imine (C=N–C) groups is 1. The zero-order chi connectivity index (χ0) is 24.7. The number of carboxylic acids is 1. The number of hydrogen-bond acceptors (Lipinski definition) is 8. The van der Waals surface area contributed by atoms with Crippen LogP contribution in [0.4, 0.5) is 13.2 Å². The highest BCUT2D eigenvalue weighted by molar-refractivity contribution is 7.11. The third-order valence-electron chi connectivity index (χ3n) is 5.84. The molecule has 0 aliphatic carbocycles. The summed E-state index contributed by atoms with van der Waals surface area (Å²) in [4.78, 5) is 34.7. The summed E-state index contributed by atoms with van der Waals surface area (Å²) >= 11 is 1.26. The molecule has 2 aromatic rings.